The van der Waals surface area contributed by atoms with Crippen LogP contribution in [0.15, 0.2) is 18.2 Å². The number of hydrogen-bond donors (Lipinski definition) is 1. The molecule has 0 aromatic heterocycles. The van der Waals surface area contributed by atoms with Gasteiger partial charge in [-0.25, -0.2) is 8.42 Å². The quantitative estimate of drug-likeness (QED) is 0.766. The Labute approximate surface area is 146 Å². The first-order chi connectivity index (χ1) is 11.2. The van der Waals surface area contributed by atoms with Gasteiger partial charge in [-0.3, -0.25) is 9.59 Å². The van der Waals surface area contributed by atoms with Crippen molar-refractivity contribution in [2.45, 2.75) is 25.5 Å². The maximum atomic E-state index is 11.9. The van der Waals surface area contributed by atoms with Gasteiger partial charge in [0.25, 0.3) is 5.91 Å². The van der Waals surface area contributed by atoms with Crippen LogP contribution in [-0.2, 0) is 24.2 Å². The number of thioether (sulfide) groups is 1. The lowest BCUT2D eigenvalue weighted by Gasteiger charge is -2.10. The van der Waals surface area contributed by atoms with Crippen LogP contribution in [0.1, 0.15) is 17.5 Å². The van der Waals surface area contributed by atoms with E-state index in [1.807, 2.05) is 32.0 Å². The first-order valence-corrected chi connectivity index (χ1v) is 10.5. The Morgan fingerprint density at radius 2 is 2.08 bits per heavy atom. The second kappa shape index (κ2) is 8.02. The summed E-state index contributed by atoms with van der Waals surface area (Å²) in [4.78, 5) is 23.5. The zero-order valence-corrected chi connectivity index (χ0v) is 15.3. The third-order valence-electron chi connectivity index (χ3n) is 3.66. The molecule has 0 radical (unpaired) electrons. The van der Waals surface area contributed by atoms with Gasteiger partial charge >= 0.3 is 5.97 Å². The first kappa shape index (κ1) is 18.8. The molecule has 1 atom stereocenters. The van der Waals surface area contributed by atoms with E-state index in [1.54, 1.807) is 0 Å². The summed E-state index contributed by atoms with van der Waals surface area (Å²) in [5, 5.41) is 2.65. The third-order valence-corrected chi connectivity index (χ3v) is 6.91. The van der Waals surface area contributed by atoms with Crippen molar-refractivity contribution in [1.82, 2.24) is 0 Å². The Bertz CT molecular complexity index is 730. The smallest absolute Gasteiger partial charge is 0.316 e. The minimum atomic E-state index is -2.95. The Morgan fingerprint density at radius 3 is 2.75 bits per heavy atom. The fraction of sp³-hybridized carbons (Fsp3) is 0.500. The molecule has 1 aromatic carbocycles. The molecule has 132 valence electrons. The van der Waals surface area contributed by atoms with E-state index >= 15 is 0 Å². The molecule has 24 heavy (non-hydrogen) atoms. The van der Waals surface area contributed by atoms with E-state index in [2.05, 4.69) is 5.32 Å². The number of benzene rings is 1. The molecule has 1 saturated heterocycles. The number of sulfone groups is 1. The van der Waals surface area contributed by atoms with Crippen LogP contribution in [0.5, 0.6) is 0 Å². The standard InChI is InChI=1S/C16H21NO5S2/c1-11-3-4-12(2)14(7-11)17-15(18)8-22-16(19)9-23-13-5-6-24(20,21)10-13/h3-4,7,13H,5-6,8-10H2,1-2H3,(H,17,18)/t13-/m0/s1. The van der Waals surface area contributed by atoms with Gasteiger partial charge in [-0.2, -0.15) is 0 Å². The number of aryl methyl sites for hydroxylation is 2. The molecule has 1 aromatic rings. The van der Waals surface area contributed by atoms with Crippen LogP contribution in [0.25, 0.3) is 0 Å². The highest BCUT2D eigenvalue weighted by atomic mass is 32.2. The predicted molar refractivity (Wildman–Crippen MR) is 95.0 cm³/mol. The van der Waals surface area contributed by atoms with Gasteiger partial charge in [0.05, 0.1) is 17.3 Å². The van der Waals surface area contributed by atoms with E-state index in [4.69, 9.17) is 4.74 Å². The summed E-state index contributed by atoms with van der Waals surface area (Å²) < 4.78 is 27.6. The molecule has 1 amide bonds. The van der Waals surface area contributed by atoms with Crippen molar-refractivity contribution < 1.29 is 22.7 Å². The third kappa shape index (κ3) is 5.83. The molecule has 0 aliphatic carbocycles. The van der Waals surface area contributed by atoms with Crippen LogP contribution in [0.2, 0.25) is 0 Å². The number of esters is 1. The van der Waals surface area contributed by atoms with Crippen LogP contribution in [-0.4, -0.2) is 49.4 Å². The number of anilines is 1. The van der Waals surface area contributed by atoms with Gasteiger partial charge in [-0.1, -0.05) is 12.1 Å². The highest BCUT2D eigenvalue weighted by molar-refractivity contribution is 8.02. The summed E-state index contributed by atoms with van der Waals surface area (Å²) in [5.41, 5.74) is 2.65. The second-order valence-electron chi connectivity index (χ2n) is 5.86. The largest absolute Gasteiger partial charge is 0.455 e. The summed E-state index contributed by atoms with van der Waals surface area (Å²) in [6.45, 7) is 3.46. The average molecular weight is 371 g/mol. The fourth-order valence-corrected chi connectivity index (χ4v) is 5.76. The number of rotatable bonds is 6. The fourth-order valence-electron chi connectivity index (χ4n) is 2.32. The van der Waals surface area contributed by atoms with Gasteiger partial charge in [0, 0.05) is 10.9 Å². The molecule has 1 aliphatic heterocycles. The molecule has 6 nitrogen and oxygen atoms in total. The van der Waals surface area contributed by atoms with Crippen LogP contribution < -0.4 is 5.32 Å². The normalized spacial score (nSPS) is 19.0. The molecular weight excluding hydrogens is 350 g/mol. The highest BCUT2D eigenvalue weighted by Crippen LogP contribution is 2.24. The van der Waals surface area contributed by atoms with Crippen molar-refractivity contribution in [3.8, 4) is 0 Å². The van der Waals surface area contributed by atoms with E-state index in [0.29, 0.717) is 12.1 Å². The zero-order valence-electron chi connectivity index (χ0n) is 13.7. The van der Waals surface area contributed by atoms with Crippen molar-refractivity contribution in [1.29, 1.82) is 0 Å². The van der Waals surface area contributed by atoms with Crippen molar-refractivity contribution in [2.75, 3.05) is 29.2 Å². The number of amides is 1. The molecule has 1 heterocycles. The van der Waals surface area contributed by atoms with Gasteiger partial charge in [0.2, 0.25) is 0 Å². The topological polar surface area (TPSA) is 89.5 Å². The van der Waals surface area contributed by atoms with E-state index in [0.717, 1.165) is 11.1 Å². The molecule has 0 saturated carbocycles. The summed E-state index contributed by atoms with van der Waals surface area (Å²) in [5.74, 6) is -0.571. The van der Waals surface area contributed by atoms with Gasteiger partial charge in [0.1, 0.15) is 0 Å². The summed E-state index contributed by atoms with van der Waals surface area (Å²) in [6.07, 6.45) is 0.563. The molecule has 1 fully saturated rings. The SMILES string of the molecule is Cc1ccc(C)c(NC(=O)COC(=O)CS[C@H]2CCS(=O)(=O)C2)c1. The number of carbonyl (C=O) groups excluding carboxylic acids is 2. The Kier molecular flexibility index (Phi) is 6.28. The minimum absolute atomic E-state index is 0.0525. The minimum Gasteiger partial charge on any atom is -0.455 e. The Morgan fingerprint density at radius 1 is 1.33 bits per heavy atom. The van der Waals surface area contributed by atoms with Crippen LogP contribution in [0, 0.1) is 13.8 Å². The molecule has 1 aliphatic rings. The number of nitrogens with one attached hydrogen (secondary N) is 1. The lowest BCUT2D eigenvalue weighted by molar-refractivity contribution is -0.144. The lowest BCUT2D eigenvalue weighted by atomic mass is 10.1. The zero-order chi connectivity index (χ0) is 17.7. The number of ether oxygens (including phenoxy) is 1. The van der Waals surface area contributed by atoms with Crippen molar-refractivity contribution in [3.05, 3.63) is 29.3 Å². The van der Waals surface area contributed by atoms with E-state index < -0.39 is 21.7 Å². The van der Waals surface area contributed by atoms with Gasteiger partial charge in [0.15, 0.2) is 16.4 Å². The van der Waals surface area contributed by atoms with Crippen molar-refractivity contribution in [2.24, 2.45) is 0 Å². The van der Waals surface area contributed by atoms with Gasteiger partial charge < -0.3 is 10.1 Å². The molecule has 1 N–H and O–H groups in total. The van der Waals surface area contributed by atoms with E-state index in [9.17, 15) is 18.0 Å². The predicted octanol–water partition coefficient (Wildman–Crippen LogP) is 1.71. The molecule has 0 spiro atoms. The van der Waals surface area contributed by atoms with Gasteiger partial charge in [-0.15, -0.1) is 11.8 Å². The molecule has 0 unspecified atom stereocenters. The number of carbonyl (C=O) groups is 2. The van der Waals surface area contributed by atoms with Crippen molar-refractivity contribution >= 4 is 39.2 Å². The maximum absolute atomic E-state index is 11.9. The van der Waals surface area contributed by atoms with E-state index in [-0.39, 0.29) is 29.1 Å². The first-order valence-electron chi connectivity index (χ1n) is 7.60. The van der Waals surface area contributed by atoms with Crippen LogP contribution in [0.4, 0.5) is 5.69 Å². The maximum Gasteiger partial charge on any atom is 0.316 e. The lowest BCUT2D eigenvalue weighted by Crippen LogP contribution is -2.22. The van der Waals surface area contributed by atoms with Crippen molar-refractivity contribution in [3.63, 3.8) is 0 Å². The van der Waals surface area contributed by atoms with Crippen LogP contribution >= 0.6 is 11.8 Å². The van der Waals surface area contributed by atoms with E-state index in [1.165, 1.54) is 11.8 Å². The van der Waals surface area contributed by atoms with Crippen LogP contribution in [0.3, 0.4) is 0 Å². The molecule has 2 rings (SSSR count). The number of hydrogen-bond acceptors (Lipinski definition) is 6. The molecular formula is C16H21NO5S2. The summed E-state index contributed by atoms with van der Waals surface area (Å²) >= 11 is 1.27. The highest BCUT2D eigenvalue weighted by Gasteiger charge is 2.28. The summed E-state index contributed by atoms with van der Waals surface area (Å²) in [7, 11) is -2.95. The summed E-state index contributed by atoms with van der Waals surface area (Å²) in [6, 6.07) is 5.71. The Balaban J connectivity index is 1.71. The Hall–Kier alpha value is -1.54. The second-order valence-corrected chi connectivity index (χ2v) is 9.38. The molecule has 8 heteroatoms. The monoisotopic (exact) mass is 371 g/mol. The molecule has 0 bridgehead atoms. The average Bonchev–Trinajstić information content (AvgIpc) is 2.86. The van der Waals surface area contributed by atoms with Gasteiger partial charge in [-0.05, 0) is 37.5 Å².